The molecule has 0 saturated carbocycles. The molecule has 0 fully saturated rings. The molecule has 0 aromatic rings. The Bertz CT molecular complexity index is 156. The molecule has 0 aromatic heterocycles. The first-order chi connectivity index (χ1) is 6.55. The van der Waals surface area contributed by atoms with Gasteiger partial charge in [-0.25, -0.2) is 0 Å². The van der Waals surface area contributed by atoms with Gasteiger partial charge in [-0.05, 0) is 10.8 Å². The molecule has 3 heteroatoms. The summed E-state index contributed by atoms with van der Waals surface area (Å²) in [5.41, 5.74) is -0.348. The molecule has 2 atom stereocenters. The second kappa shape index (κ2) is 5.28. The summed E-state index contributed by atoms with van der Waals surface area (Å²) in [6.45, 7) is 12.3. The lowest BCUT2D eigenvalue weighted by atomic mass is 9.89. The van der Waals surface area contributed by atoms with Gasteiger partial charge in [-0.1, -0.05) is 41.5 Å². The van der Waals surface area contributed by atoms with Gasteiger partial charge in [0.15, 0.2) is 0 Å². The molecule has 0 aliphatic heterocycles. The predicted octanol–water partition coefficient (Wildman–Crippen LogP) is 1.82. The van der Waals surface area contributed by atoms with Crippen LogP contribution in [-0.2, 0) is 4.74 Å². The van der Waals surface area contributed by atoms with Crippen LogP contribution in [0.5, 0.6) is 0 Å². The minimum atomic E-state index is -0.496. The van der Waals surface area contributed by atoms with E-state index >= 15 is 0 Å². The van der Waals surface area contributed by atoms with Crippen LogP contribution in [0.25, 0.3) is 0 Å². The van der Waals surface area contributed by atoms with Crippen molar-refractivity contribution in [3.8, 4) is 0 Å². The number of hydrogen-bond donors (Lipinski definition) is 2. The van der Waals surface area contributed by atoms with Gasteiger partial charge in [-0.3, -0.25) is 0 Å². The van der Waals surface area contributed by atoms with Crippen molar-refractivity contribution in [2.75, 3.05) is 13.2 Å². The highest BCUT2D eigenvalue weighted by atomic mass is 16.5. The minimum absolute atomic E-state index is 0.174. The molecule has 0 radical (unpaired) electrons. The van der Waals surface area contributed by atoms with Gasteiger partial charge >= 0.3 is 0 Å². The van der Waals surface area contributed by atoms with Gasteiger partial charge in [-0.2, -0.15) is 0 Å². The van der Waals surface area contributed by atoms with E-state index < -0.39 is 12.2 Å². The highest BCUT2D eigenvalue weighted by Gasteiger charge is 2.25. The molecule has 2 N–H and O–H groups in total. The molecule has 0 amide bonds. The molecule has 3 nitrogen and oxygen atoms in total. The molecule has 0 rings (SSSR count). The number of hydrogen-bond acceptors (Lipinski definition) is 3. The van der Waals surface area contributed by atoms with Gasteiger partial charge in [0.2, 0.25) is 0 Å². The van der Waals surface area contributed by atoms with Crippen LogP contribution < -0.4 is 0 Å². The monoisotopic (exact) mass is 218 g/mol. The number of aliphatic hydroxyl groups excluding tert-OH is 2. The third-order valence-electron chi connectivity index (χ3n) is 2.55. The summed E-state index contributed by atoms with van der Waals surface area (Å²) < 4.78 is 5.31. The Balaban J connectivity index is 3.81. The number of ether oxygens (including phenoxy) is 1. The van der Waals surface area contributed by atoms with E-state index in [1.165, 1.54) is 0 Å². The normalized spacial score (nSPS) is 17.6. The minimum Gasteiger partial charge on any atom is -0.390 e. The molecule has 0 saturated heterocycles. The van der Waals surface area contributed by atoms with Gasteiger partial charge in [0.05, 0.1) is 25.4 Å². The van der Waals surface area contributed by atoms with Crippen molar-refractivity contribution in [3.63, 3.8) is 0 Å². The average Bonchev–Trinajstić information content (AvgIpc) is 2.00. The van der Waals surface area contributed by atoms with Crippen LogP contribution in [-0.4, -0.2) is 35.6 Å². The molecule has 0 aromatic carbocycles. The fourth-order valence-corrected chi connectivity index (χ4v) is 0.791. The SMILES string of the molecule is CC(C)(C)C(O)COCC(O)C(C)(C)C. The summed E-state index contributed by atoms with van der Waals surface area (Å²) in [5, 5.41) is 19.4. The van der Waals surface area contributed by atoms with Crippen molar-refractivity contribution in [1.82, 2.24) is 0 Å². The summed E-state index contributed by atoms with van der Waals surface area (Å²) in [6, 6.07) is 0. The maximum atomic E-state index is 9.69. The molecule has 15 heavy (non-hydrogen) atoms. The van der Waals surface area contributed by atoms with Crippen LogP contribution in [0.3, 0.4) is 0 Å². The standard InChI is InChI=1S/C12H26O3/c1-11(2,3)9(13)7-15-8-10(14)12(4,5)6/h9-10,13-14H,7-8H2,1-6H3. The second-order valence-electron chi connectivity index (χ2n) is 6.30. The molecule has 0 spiro atoms. The Labute approximate surface area is 93.5 Å². The zero-order valence-corrected chi connectivity index (χ0v) is 10.9. The third kappa shape index (κ3) is 6.13. The molecule has 0 heterocycles. The van der Waals surface area contributed by atoms with E-state index in [0.717, 1.165) is 0 Å². The van der Waals surface area contributed by atoms with Crippen molar-refractivity contribution in [1.29, 1.82) is 0 Å². The maximum Gasteiger partial charge on any atom is 0.0821 e. The Hall–Kier alpha value is -0.120. The van der Waals surface area contributed by atoms with Crippen LogP contribution in [0.2, 0.25) is 0 Å². The van der Waals surface area contributed by atoms with E-state index in [0.29, 0.717) is 0 Å². The maximum absolute atomic E-state index is 9.69. The van der Waals surface area contributed by atoms with E-state index in [1.807, 2.05) is 41.5 Å². The topological polar surface area (TPSA) is 49.7 Å². The van der Waals surface area contributed by atoms with E-state index in [-0.39, 0.29) is 24.0 Å². The van der Waals surface area contributed by atoms with Crippen LogP contribution in [0.15, 0.2) is 0 Å². The van der Waals surface area contributed by atoms with E-state index in [1.54, 1.807) is 0 Å². The zero-order valence-electron chi connectivity index (χ0n) is 10.9. The molecule has 0 aliphatic carbocycles. The first kappa shape index (κ1) is 14.9. The lowest BCUT2D eigenvalue weighted by Crippen LogP contribution is -2.35. The summed E-state index contributed by atoms with van der Waals surface area (Å²) in [5.74, 6) is 0. The van der Waals surface area contributed by atoms with Gasteiger partial charge in [-0.15, -0.1) is 0 Å². The number of rotatable bonds is 4. The Kier molecular flexibility index (Phi) is 5.24. The van der Waals surface area contributed by atoms with Crippen molar-refractivity contribution < 1.29 is 14.9 Å². The fourth-order valence-electron chi connectivity index (χ4n) is 0.791. The second-order valence-corrected chi connectivity index (χ2v) is 6.30. The van der Waals surface area contributed by atoms with Crippen molar-refractivity contribution >= 4 is 0 Å². The van der Waals surface area contributed by atoms with Crippen molar-refractivity contribution in [2.45, 2.75) is 53.8 Å². The Morgan fingerprint density at radius 2 is 1.07 bits per heavy atom. The Morgan fingerprint density at radius 3 is 1.27 bits per heavy atom. The average molecular weight is 218 g/mol. The van der Waals surface area contributed by atoms with Gasteiger partial charge in [0.1, 0.15) is 0 Å². The predicted molar refractivity (Wildman–Crippen MR) is 61.7 cm³/mol. The van der Waals surface area contributed by atoms with E-state index in [4.69, 9.17) is 4.74 Å². The lowest BCUT2D eigenvalue weighted by molar-refractivity contribution is -0.0656. The number of aliphatic hydroxyl groups is 2. The molecule has 0 bridgehead atoms. The molecular formula is C12H26O3. The van der Waals surface area contributed by atoms with Gasteiger partial charge in [0.25, 0.3) is 0 Å². The summed E-state index contributed by atoms with van der Waals surface area (Å²) >= 11 is 0. The molecular weight excluding hydrogens is 192 g/mol. The fraction of sp³-hybridized carbons (Fsp3) is 1.00. The summed E-state index contributed by atoms with van der Waals surface area (Å²) in [7, 11) is 0. The summed E-state index contributed by atoms with van der Waals surface area (Å²) in [4.78, 5) is 0. The molecule has 2 unspecified atom stereocenters. The van der Waals surface area contributed by atoms with Gasteiger partial charge in [0, 0.05) is 0 Å². The first-order valence-corrected chi connectivity index (χ1v) is 5.49. The summed E-state index contributed by atoms with van der Waals surface area (Å²) in [6.07, 6.45) is -0.991. The van der Waals surface area contributed by atoms with E-state index in [9.17, 15) is 10.2 Å². The molecule has 92 valence electrons. The van der Waals surface area contributed by atoms with Crippen LogP contribution >= 0.6 is 0 Å². The largest absolute Gasteiger partial charge is 0.390 e. The lowest BCUT2D eigenvalue weighted by Gasteiger charge is -2.28. The first-order valence-electron chi connectivity index (χ1n) is 5.49. The highest BCUT2D eigenvalue weighted by molar-refractivity contribution is 4.74. The Morgan fingerprint density at radius 1 is 0.800 bits per heavy atom. The quantitative estimate of drug-likeness (QED) is 0.756. The third-order valence-corrected chi connectivity index (χ3v) is 2.55. The van der Waals surface area contributed by atoms with E-state index in [2.05, 4.69) is 0 Å². The zero-order chi connectivity index (χ0) is 12.3. The van der Waals surface area contributed by atoms with Crippen molar-refractivity contribution in [2.24, 2.45) is 10.8 Å². The van der Waals surface area contributed by atoms with Crippen LogP contribution in [0.1, 0.15) is 41.5 Å². The van der Waals surface area contributed by atoms with Crippen LogP contribution in [0.4, 0.5) is 0 Å². The smallest absolute Gasteiger partial charge is 0.0821 e. The van der Waals surface area contributed by atoms with Gasteiger partial charge < -0.3 is 14.9 Å². The van der Waals surface area contributed by atoms with Crippen molar-refractivity contribution in [3.05, 3.63) is 0 Å². The highest BCUT2D eigenvalue weighted by Crippen LogP contribution is 2.21. The molecule has 0 aliphatic rings. The van der Waals surface area contributed by atoms with Crippen LogP contribution in [0, 0.1) is 10.8 Å².